The summed E-state index contributed by atoms with van der Waals surface area (Å²) in [7, 11) is 0. The van der Waals surface area contributed by atoms with Gasteiger partial charge in [0.1, 0.15) is 0 Å². The van der Waals surface area contributed by atoms with E-state index in [-0.39, 0.29) is 0 Å². The molecule has 0 saturated heterocycles. The van der Waals surface area contributed by atoms with Gasteiger partial charge in [-0.2, -0.15) is 5.26 Å². The summed E-state index contributed by atoms with van der Waals surface area (Å²) in [5.41, 5.74) is 0.0858. The van der Waals surface area contributed by atoms with Crippen molar-refractivity contribution in [2.45, 2.75) is 45.1 Å². The van der Waals surface area contributed by atoms with E-state index >= 15 is 0 Å². The summed E-state index contributed by atoms with van der Waals surface area (Å²) in [5.74, 6) is 0.532. The molecule has 4 heteroatoms. The molecule has 0 heterocycles. The van der Waals surface area contributed by atoms with E-state index in [9.17, 15) is 10.4 Å². The number of benzene rings is 1. The van der Waals surface area contributed by atoms with Crippen molar-refractivity contribution < 1.29 is 5.11 Å². The van der Waals surface area contributed by atoms with Crippen LogP contribution in [0.25, 0.3) is 0 Å². The van der Waals surface area contributed by atoms with Gasteiger partial charge >= 0.3 is 0 Å². The highest BCUT2D eigenvalue weighted by atomic mass is 79.9. The molecule has 1 N–H and O–H groups in total. The fourth-order valence-electron chi connectivity index (χ4n) is 3.21. The van der Waals surface area contributed by atoms with Crippen molar-refractivity contribution in [3.8, 4) is 6.07 Å². The Labute approximate surface area is 133 Å². The lowest BCUT2D eigenvalue weighted by molar-refractivity contribution is 0.0180. The SMILES string of the molecule is CCC1CCCC(C#N)(C(O)c2ccc(Cl)cc2Br)C1. The number of hydrogen-bond acceptors (Lipinski definition) is 2. The van der Waals surface area contributed by atoms with Gasteiger partial charge in [0.15, 0.2) is 0 Å². The Kier molecular flexibility index (Phi) is 5.12. The van der Waals surface area contributed by atoms with Gasteiger partial charge in [0.05, 0.1) is 17.6 Å². The summed E-state index contributed by atoms with van der Waals surface area (Å²) in [6, 6.07) is 7.76. The van der Waals surface area contributed by atoms with Gasteiger partial charge in [-0.25, -0.2) is 0 Å². The lowest BCUT2D eigenvalue weighted by Gasteiger charge is -2.39. The summed E-state index contributed by atoms with van der Waals surface area (Å²) in [4.78, 5) is 0. The molecule has 1 aromatic rings. The topological polar surface area (TPSA) is 44.0 Å². The van der Waals surface area contributed by atoms with Gasteiger partial charge in [0.2, 0.25) is 0 Å². The molecule has 2 nitrogen and oxygen atoms in total. The predicted octanol–water partition coefficient (Wildman–Crippen LogP) is 5.25. The van der Waals surface area contributed by atoms with Gasteiger partial charge in [-0.15, -0.1) is 0 Å². The van der Waals surface area contributed by atoms with E-state index in [4.69, 9.17) is 11.6 Å². The standard InChI is InChI=1S/C16H19BrClNO/c1-2-11-4-3-7-16(9-11,10-19)15(20)13-6-5-12(18)8-14(13)17/h5-6,8,11,15,20H,2-4,7,9H2,1H3. The number of rotatable bonds is 3. The fourth-order valence-corrected chi connectivity index (χ4v) is 4.11. The van der Waals surface area contributed by atoms with Crippen molar-refractivity contribution in [3.63, 3.8) is 0 Å². The van der Waals surface area contributed by atoms with Gasteiger partial charge in [0.25, 0.3) is 0 Å². The van der Waals surface area contributed by atoms with Crippen molar-refractivity contribution in [3.05, 3.63) is 33.3 Å². The van der Waals surface area contributed by atoms with Crippen LogP contribution in [0, 0.1) is 22.7 Å². The maximum Gasteiger partial charge on any atom is 0.0987 e. The van der Waals surface area contributed by atoms with Crippen LogP contribution in [0.1, 0.15) is 50.7 Å². The van der Waals surface area contributed by atoms with Crippen LogP contribution < -0.4 is 0 Å². The van der Waals surface area contributed by atoms with E-state index in [1.54, 1.807) is 12.1 Å². The van der Waals surface area contributed by atoms with Crippen molar-refractivity contribution in [2.24, 2.45) is 11.3 Å². The van der Waals surface area contributed by atoms with Gasteiger partial charge in [-0.1, -0.05) is 59.8 Å². The fraction of sp³-hybridized carbons (Fsp3) is 0.562. The van der Waals surface area contributed by atoms with Crippen LogP contribution in [0.3, 0.4) is 0 Å². The zero-order valence-corrected chi connectivity index (χ0v) is 13.9. The highest BCUT2D eigenvalue weighted by Gasteiger charge is 2.43. The molecule has 0 bridgehead atoms. The van der Waals surface area contributed by atoms with Crippen LogP contribution in [0.15, 0.2) is 22.7 Å². The van der Waals surface area contributed by atoms with Crippen LogP contribution >= 0.6 is 27.5 Å². The van der Waals surface area contributed by atoms with E-state index in [0.717, 1.165) is 42.1 Å². The Hall–Kier alpha value is -0.560. The molecule has 0 aliphatic heterocycles. The average Bonchev–Trinajstić information content (AvgIpc) is 2.46. The first-order valence-electron chi connectivity index (χ1n) is 7.06. The second kappa shape index (κ2) is 6.47. The third kappa shape index (κ3) is 3.03. The summed E-state index contributed by atoms with van der Waals surface area (Å²) >= 11 is 9.39. The minimum atomic E-state index is -0.770. The molecule has 108 valence electrons. The molecular formula is C16H19BrClNO. The predicted molar refractivity (Wildman–Crippen MR) is 84.4 cm³/mol. The number of aliphatic hydroxyl groups excluding tert-OH is 1. The molecule has 0 aromatic heterocycles. The van der Waals surface area contributed by atoms with E-state index in [1.165, 1.54) is 0 Å². The van der Waals surface area contributed by atoms with Crippen LogP contribution in [0.4, 0.5) is 0 Å². The normalized spacial score (nSPS) is 27.9. The first kappa shape index (κ1) is 15.8. The summed E-state index contributed by atoms with van der Waals surface area (Å²) < 4.78 is 0.769. The zero-order chi connectivity index (χ0) is 14.8. The van der Waals surface area contributed by atoms with E-state index in [1.807, 2.05) is 6.07 Å². The van der Waals surface area contributed by atoms with Crippen molar-refractivity contribution in [1.82, 2.24) is 0 Å². The first-order valence-corrected chi connectivity index (χ1v) is 8.24. The largest absolute Gasteiger partial charge is 0.387 e. The Morgan fingerprint density at radius 1 is 1.60 bits per heavy atom. The number of nitrogens with zero attached hydrogens (tertiary/aromatic N) is 1. The molecule has 3 atom stereocenters. The number of halogens is 2. The molecular weight excluding hydrogens is 338 g/mol. The first-order chi connectivity index (χ1) is 9.52. The number of nitriles is 1. The Balaban J connectivity index is 2.33. The molecule has 1 saturated carbocycles. The molecule has 0 amide bonds. The van der Waals surface area contributed by atoms with E-state index in [0.29, 0.717) is 10.9 Å². The molecule has 1 aliphatic carbocycles. The molecule has 1 aliphatic rings. The molecule has 20 heavy (non-hydrogen) atoms. The van der Waals surface area contributed by atoms with E-state index < -0.39 is 11.5 Å². The van der Waals surface area contributed by atoms with Gasteiger partial charge in [-0.3, -0.25) is 0 Å². The summed E-state index contributed by atoms with van der Waals surface area (Å²) in [6.45, 7) is 2.16. The highest BCUT2D eigenvalue weighted by molar-refractivity contribution is 9.10. The van der Waals surface area contributed by atoms with Crippen LogP contribution in [-0.2, 0) is 0 Å². The van der Waals surface area contributed by atoms with Gasteiger partial charge in [0, 0.05) is 9.50 Å². The zero-order valence-electron chi connectivity index (χ0n) is 11.6. The Bertz CT molecular complexity index is 528. The maximum absolute atomic E-state index is 10.8. The van der Waals surface area contributed by atoms with Crippen LogP contribution in [-0.4, -0.2) is 5.11 Å². The number of aliphatic hydroxyl groups is 1. The molecule has 0 spiro atoms. The smallest absolute Gasteiger partial charge is 0.0987 e. The van der Waals surface area contributed by atoms with Crippen molar-refractivity contribution >= 4 is 27.5 Å². The third-order valence-corrected chi connectivity index (χ3v) is 5.39. The van der Waals surface area contributed by atoms with Gasteiger partial charge < -0.3 is 5.11 Å². The van der Waals surface area contributed by atoms with Crippen LogP contribution in [0.2, 0.25) is 5.02 Å². The van der Waals surface area contributed by atoms with Crippen molar-refractivity contribution in [2.75, 3.05) is 0 Å². The second-order valence-electron chi connectivity index (χ2n) is 5.71. The van der Waals surface area contributed by atoms with Crippen molar-refractivity contribution in [1.29, 1.82) is 5.26 Å². The quantitative estimate of drug-likeness (QED) is 0.804. The molecule has 0 radical (unpaired) electrons. The maximum atomic E-state index is 10.8. The summed E-state index contributed by atoms with van der Waals surface area (Å²) in [6.07, 6.45) is 4.00. The lowest BCUT2D eigenvalue weighted by Crippen LogP contribution is -2.33. The third-order valence-electron chi connectivity index (χ3n) is 4.47. The monoisotopic (exact) mass is 355 g/mol. The molecule has 2 rings (SSSR count). The Morgan fingerprint density at radius 3 is 2.95 bits per heavy atom. The number of hydrogen-bond donors (Lipinski definition) is 1. The average molecular weight is 357 g/mol. The van der Waals surface area contributed by atoms with Crippen LogP contribution in [0.5, 0.6) is 0 Å². The van der Waals surface area contributed by atoms with Gasteiger partial charge in [-0.05, 0) is 36.5 Å². The second-order valence-corrected chi connectivity index (χ2v) is 7.00. The summed E-state index contributed by atoms with van der Waals surface area (Å²) in [5, 5.41) is 21.1. The minimum Gasteiger partial charge on any atom is -0.387 e. The highest BCUT2D eigenvalue weighted by Crippen LogP contribution is 2.49. The molecule has 1 fully saturated rings. The van der Waals surface area contributed by atoms with E-state index in [2.05, 4.69) is 28.9 Å². The molecule has 1 aromatic carbocycles. The minimum absolute atomic E-state index is 0.532. The Morgan fingerprint density at radius 2 is 2.35 bits per heavy atom. The molecule has 3 unspecified atom stereocenters. The lowest BCUT2D eigenvalue weighted by atomic mass is 9.65.